The largest absolute Gasteiger partial charge is 0.324 e. The zero-order valence-corrected chi connectivity index (χ0v) is 16.2. The molecule has 0 aliphatic heterocycles. The van der Waals surface area contributed by atoms with Gasteiger partial charge in [-0.15, -0.1) is 5.10 Å². The highest BCUT2D eigenvalue weighted by Gasteiger charge is 2.18. The molecule has 3 aromatic rings. The number of aryl methyl sites for hydroxylation is 2. The van der Waals surface area contributed by atoms with Gasteiger partial charge in [-0.3, -0.25) is 9.59 Å². The number of nitrogens with one attached hydrogen (secondary N) is 2. The number of benzene rings is 2. The molecule has 0 bridgehead atoms. The van der Waals surface area contributed by atoms with Crippen LogP contribution in [0.15, 0.2) is 48.5 Å². The quantitative estimate of drug-likeness (QED) is 0.689. The van der Waals surface area contributed by atoms with Gasteiger partial charge >= 0.3 is 0 Å². The smallest absolute Gasteiger partial charge is 0.278 e. The van der Waals surface area contributed by atoms with Gasteiger partial charge in [0, 0.05) is 11.4 Å². The summed E-state index contributed by atoms with van der Waals surface area (Å²) in [5, 5.41) is 13.6. The fraction of sp³-hybridized carbons (Fsp3) is 0.238. The maximum atomic E-state index is 12.6. The second kappa shape index (κ2) is 8.47. The lowest BCUT2D eigenvalue weighted by Crippen LogP contribution is -2.21. The van der Waals surface area contributed by atoms with Crippen LogP contribution in [0.5, 0.6) is 0 Å². The van der Waals surface area contributed by atoms with E-state index in [1.54, 1.807) is 6.92 Å². The van der Waals surface area contributed by atoms with Crippen molar-refractivity contribution in [1.29, 1.82) is 0 Å². The van der Waals surface area contributed by atoms with Gasteiger partial charge in [-0.1, -0.05) is 48.0 Å². The molecular weight excluding hydrogens is 354 g/mol. The van der Waals surface area contributed by atoms with Gasteiger partial charge in [-0.05, 0) is 44.0 Å². The summed E-state index contributed by atoms with van der Waals surface area (Å²) in [4.78, 5) is 24.9. The number of carbonyl (C=O) groups is 2. The molecule has 0 fully saturated rings. The van der Waals surface area contributed by atoms with E-state index in [4.69, 9.17) is 0 Å². The van der Waals surface area contributed by atoms with E-state index < -0.39 is 0 Å². The lowest BCUT2D eigenvalue weighted by Gasteiger charge is -2.09. The van der Waals surface area contributed by atoms with E-state index in [-0.39, 0.29) is 24.1 Å². The van der Waals surface area contributed by atoms with Gasteiger partial charge in [0.25, 0.3) is 5.91 Å². The summed E-state index contributed by atoms with van der Waals surface area (Å²) in [5.74, 6) is -0.580. The predicted molar refractivity (Wildman–Crippen MR) is 108 cm³/mol. The van der Waals surface area contributed by atoms with Crippen molar-refractivity contribution in [2.75, 3.05) is 10.6 Å². The van der Waals surface area contributed by atoms with Gasteiger partial charge in [0.2, 0.25) is 5.91 Å². The minimum atomic E-state index is -0.344. The number of aromatic nitrogens is 3. The monoisotopic (exact) mass is 377 g/mol. The summed E-state index contributed by atoms with van der Waals surface area (Å²) in [6, 6.07) is 15.1. The van der Waals surface area contributed by atoms with E-state index in [1.165, 1.54) is 4.68 Å². The zero-order valence-electron chi connectivity index (χ0n) is 16.2. The fourth-order valence-electron chi connectivity index (χ4n) is 2.83. The molecule has 2 amide bonds. The molecule has 3 rings (SSSR count). The Bertz CT molecular complexity index is 992. The van der Waals surface area contributed by atoms with E-state index in [9.17, 15) is 9.59 Å². The van der Waals surface area contributed by atoms with Gasteiger partial charge in [-0.25, -0.2) is 4.68 Å². The summed E-state index contributed by atoms with van der Waals surface area (Å²) in [6.07, 6.45) is 0.807. The maximum absolute atomic E-state index is 12.6. The molecule has 7 nitrogen and oxygen atoms in total. The molecule has 0 saturated carbocycles. The number of anilines is 2. The first-order valence-electron chi connectivity index (χ1n) is 9.13. The van der Waals surface area contributed by atoms with E-state index in [2.05, 4.69) is 20.9 Å². The standard InChI is InChI=1S/C21H23N5O2/c1-4-16-7-5-6-8-18(16)23-21(28)20-15(3)26(25-24-20)13-19(27)22-17-11-9-14(2)10-12-17/h5-12H,4,13H2,1-3H3,(H,22,27)(H,23,28). The molecule has 0 aliphatic carbocycles. The first-order chi connectivity index (χ1) is 13.5. The highest BCUT2D eigenvalue weighted by molar-refractivity contribution is 6.04. The molecule has 0 aliphatic rings. The highest BCUT2D eigenvalue weighted by Crippen LogP contribution is 2.17. The average molecular weight is 377 g/mol. The van der Waals surface area contributed by atoms with Crippen LogP contribution in [0.3, 0.4) is 0 Å². The summed E-state index contributed by atoms with van der Waals surface area (Å²) in [5.41, 5.74) is 4.35. The first kappa shape index (κ1) is 19.3. The van der Waals surface area contributed by atoms with Crippen molar-refractivity contribution < 1.29 is 9.59 Å². The Labute approximate surface area is 163 Å². The number of hydrogen-bond donors (Lipinski definition) is 2. The van der Waals surface area contributed by atoms with Gasteiger partial charge in [0.1, 0.15) is 6.54 Å². The van der Waals surface area contributed by atoms with Gasteiger partial charge in [0.15, 0.2) is 5.69 Å². The Hall–Kier alpha value is -3.48. The summed E-state index contributed by atoms with van der Waals surface area (Å²) >= 11 is 0. The molecule has 1 aromatic heterocycles. The van der Waals surface area contributed by atoms with Crippen LogP contribution in [-0.4, -0.2) is 26.8 Å². The van der Waals surface area contributed by atoms with Crippen LogP contribution in [0, 0.1) is 13.8 Å². The van der Waals surface area contributed by atoms with Crippen molar-refractivity contribution in [1.82, 2.24) is 15.0 Å². The molecule has 7 heteroatoms. The summed E-state index contributed by atoms with van der Waals surface area (Å²) in [6.45, 7) is 5.71. The third kappa shape index (κ3) is 4.43. The van der Waals surface area contributed by atoms with Crippen LogP contribution in [0.2, 0.25) is 0 Å². The van der Waals surface area contributed by atoms with E-state index in [1.807, 2.05) is 62.4 Å². The molecule has 2 aromatic carbocycles. The molecule has 1 heterocycles. The van der Waals surface area contributed by atoms with Crippen molar-refractivity contribution in [3.63, 3.8) is 0 Å². The highest BCUT2D eigenvalue weighted by atomic mass is 16.2. The predicted octanol–water partition coefficient (Wildman–Crippen LogP) is 3.35. The van der Waals surface area contributed by atoms with Crippen molar-refractivity contribution in [2.45, 2.75) is 33.7 Å². The summed E-state index contributed by atoms with van der Waals surface area (Å²) < 4.78 is 1.42. The molecule has 2 N–H and O–H groups in total. The molecule has 0 saturated heterocycles. The number of amides is 2. The maximum Gasteiger partial charge on any atom is 0.278 e. The van der Waals surface area contributed by atoms with Crippen LogP contribution in [0.1, 0.15) is 34.2 Å². The second-order valence-electron chi connectivity index (χ2n) is 6.56. The number of carbonyl (C=O) groups excluding carboxylic acids is 2. The average Bonchev–Trinajstić information content (AvgIpc) is 3.04. The SMILES string of the molecule is CCc1ccccc1NC(=O)c1nnn(CC(=O)Nc2ccc(C)cc2)c1C. The lowest BCUT2D eigenvalue weighted by molar-refractivity contribution is -0.117. The second-order valence-corrected chi connectivity index (χ2v) is 6.56. The number of nitrogens with zero attached hydrogens (tertiary/aromatic N) is 3. The number of hydrogen-bond acceptors (Lipinski definition) is 4. The van der Waals surface area contributed by atoms with Crippen LogP contribution in [-0.2, 0) is 17.8 Å². The Morgan fingerprint density at radius 3 is 2.43 bits per heavy atom. The minimum Gasteiger partial charge on any atom is -0.324 e. The van der Waals surface area contributed by atoms with E-state index in [0.717, 1.165) is 23.2 Å². The van der Waals surface area contributed by atoms with E-state index >= 15 is 0 Å². The van der Waals surface area contributed by atoms with Gasteiger partial charge in [0.05, 0.1) is 5.69 Å². The lowest BCUT2D eigenvalue weighted by atomic mass is 10.1. The molecular formula is C21H23N5O2. The Morgan fingerprint density at radius 2 is 1.71 bits per heavy atom. The van der Waals surface area contributed by atoms with Crippen molar-refractivity contribution in [2.24, 2.45) is 0 Å². The van der Waals surface area contributed by atoms with Crippen molar-refractivity contribution >= 4 is 23.2 Å². The molecule has 0 radical (unpaired) electrons. The van der Waals surface area contributed by atoms with Crippen molar-refractivity contribution in [3.05, 3.63) is 71.0 Å². The fourth-order valence-corrected chi connectivity index (χ4v) is 2.83. The van der Waals surface area contributed by atoms with Crippen LogP contribution in [0.25, 0.3) is 0 Å². The van der Waals surface area contributed by atoms with E-state index in [0.29, 0.717) is 11.4 Å². The molecule has 28 heavy (non-hydrogen) atoms. The molecule has 0 spiro atoms. The number of rotatable bonds is 6. The van der Waals surface area contributed by atoms with Crippen molar-refractivity contribution in [3.8, 4) is 0 Å². The summed E-state index contributed by atoms with van der Waals surface area (Å²) in [7, 11) is 0. The zero-order chi connectivity index (χ0) is 20.1. The third-order valence-electron chi connectivity index (χ3n) is 4.47. The molecule has 0 unspecified atom stereocenters. The van der Waals surface area contributed by atoms with Gasteiger partial charge < -0.3 is 10.6 Å². The molecule has 144 valence electrons. The minimum absolute atomic E-state index is 0.0223. The van der Waals surface area contributed by atoms with Crippen LogP contribution < -0.4 is 10.6 Å². The van der Waals surface area contributed by atoms with Crippen LogP contribution in [0.4, 0.5) is 11.4 Å². The Balaban J connectivity index is 1.68. The van der Waals surface area contributed by atoms with Crippen LogP contribution >= 0.6 is 0 Å². The molecule has 0 atom stereocenters. The van der Waals surface area contributed by atoms with Gasteiger partial charge in [-0.2, -0.15) is 0 Å². The normalized spacial score (nSPS) is 10.5. The Morgan fingerprint density at radius 1 is 1.00 bits per heavy atom. The third-order valence-corrected chi connectivity index (χ3v) is 4.47. The number of para-hydroxylation sites is 1. The topological polar surface area (TPSA) is 88.9 Å². The Kier molecular flexibility index (Phi) is 5.84. The first-order valence-corrected chi connectivity index (χ1v) is 9.13.